The molecule has 21 heteroatoms. The molecule has 284 valence electrons. The lowest BCUT2D eigenvalue weighted by atomic mass is 9.96. The van der Waals surface area contributed by atoms with Gasteiger partial charge in [0.15, 0.2) is 0 Å². The van der Waals surface area contributed by atoms with Crippen molar-refractivity contribution >= 4 is 53.2 Å². The molecule has 0 aliphatic carbocycles. The average molecular weight is 718 g/mol. The number of aliphatic hydroxyl groups excluding tert-OH is 2. The Balaban J connectivity index is 5.41. The summed E-state index contributed by atoms with van der Waals surface area (Å²) in [5.74, 6) is -8.89. The highest BCUT2D eigenvalue weighted by Crippen LogP contribution is 2.11. The van der Waals surface area contributed by atoms with Crippen molar-refractivity contribution in [2.24, 2.45) is 23.3 Å². The second-order valence-corrected chi connectivity index (χ2v) is 11.9. The van der Waals surface area contributed by atoms with Crippen molar-refractivity contribution in [3.8, 4) is 0 Å². The lowest BCUT2D eigenvalue weighted by Gasteiger charge is -2.29. The number of aliphatic carboxylic acids is 1. The van der Waals surface area contributed by atoms with Crippen molar-refractivity contribution in [2.75, 3.05) is 26.3 Å². The van der Waals surface area contributed by atoms with Crippen LogP contribution in [0.5, 0.6) is 0 Å². The van der Waals surface area contributed by atoms with Crippen LogP contribution in [0.1, 0.15) is 53.9 Å². The number of carboxylic acid groups (broad SMARTS) is 1. The molecule has 0 heterocycles. The van der Waals surface area contributed by atoms with Crippen LogP contribution >= 0.6 is 0 Å². The van der Waals surface area contributed by atoms with E-state index in [0.717, 1.165) is 0 Å². The van der Waals surface area contributed by atoms with Gasteiger partial charge in [-0.2, -0.15) is 0 Å². The summed E-state index contributed by atoms with van der Waals surface area (Å²) in [4.78, 5) is 110. The van der Waals surface area contributed by atoms with Crippen molar-refractivity contribution in [2.45, 2.75) is 90.1 Å². The van der Waals surface area contributed by atoms with Crippen LogP contribution in [0.2, 0.25) is 0 Å². The molecule has 14 N–H and O–H groups in total. The molecule has 8 amide bonds. The van der Waals surface area contributed by atoms with Crippen molar-refractivity contribution < 1.29 is 58.5 Å². The Morgan fingerprint density at radius 2 is 1.16 bits per heavy atom. The van der Waals surface area contributed by atoms with Gasteiger partial charge in [-0.25, -0.2) is 4.79 Å². The molecule has 0 aliphatic rings. The number of nitrogens with one attached hydrogen (secondary N) is 7. The van der Waals surface area contributed by atoms with Gasteiger partial charge in [-0.1, -0.05) is 34.1 Å². The van der Waals surface area contributed by atoms with Crippen LogP contribution in [-0.4, -0.2) is 131 Å². The lowest BCUT2D eigenvalue weighted by molar-refractivity contribution is -0.143. The molecule has 0 saturated heterocycles. The Morgan fingerprint density at radius 3 is 1.66 bits per heavy atom. The largest absolute Gasteiger partial charge is 0.480 e. The monoisotopic (exact) mass is 717 g/mol. The Morgan fingerprint density at radius 1 is 0.640 bits per heavy atom. The molecule has 0 aromatic rings. The van der Waals surface area contributed by atoms with E-state index in [9.17, 15) is 48.3 Å². The number of carbonyl (C=O) groups excluding carboxylic acids is 8. The minimum atomic E-state index is -1.69. The number of primary amides is 1. The number of rotatable bonds is 23. The van der Waals surface area contributed by atoms with E-state index < -0.39 is 128 Å². The number of hydrogen-bond acceptors (Lipinski definition) is 12. The number of amides is 8. The number of hydrogen-bond donors (Lipinski definition) is 12. The third kappa shape index (κ3) is 17.0. The van der Waals surface area contributed by atoms with Gasteiger partial charge < -0.3 is 64.0 Å². The van der Waals surface area contributed by atoms with Gasteiger partial charge in [0.05, 0.1) is 38.8 Å². The van der Waals surface area contributed by atoms with Gasteiger partial charge in [-0.3, -0.25) is 38.4 Å². The van der Waals surface area contributed by atoms with Crippen LogP contribution in [0, 0.1) is 11.8 Å². The van der Waals surface area contributed by atoms with Gasteiger partial charge in [-0.05, 0) is 25.2 Å². The normalized spacial score (nSPS) is 15.1. The second-order valence-electron chi connectivity index (χ2n) is 11.9. The molecule has 0 bridgehead atoms. The van der Waals surface area contributed by atoms with Crippen LogP contribution < -0.4 is 48.7 Å². The van der Waals surface area contributed by atoms with Gasteiger partial charge in [0.25, 0.3) is 0 Å². The average Bonchev–Trinajstić information content (AvgIpc) is 3.04. The first kappa shape index (κ1) is 45.1. The highest BCUT2D eigenvalue weighted by atomic mass is 16.4. The second kappa shape index (κ2) is 22.7. The van der Waals surface area contributed by atoms with Crippen molar-refractivity contribution in [3.05, 3.63) is 0 Å². The summed E-state index contributed by atoms with van der Waals surface area (Å²) >= 11 is 0. The summed E-state index contributed by atoms with van der Waals surface area (Å²) in [5, 5.41) is 44.0. The molecule has 0 aliphatic heterocycles. The zero-order chi connectivity index (χ0) is 38.7. The maximum absolute atomic E-state index is 13.4. The highest BCUT2D eigenvalue weighted by Gasteiger charge is 2.33. The summed E-state index contributed by atoms with van der Waals surface area (Å²) in [6.07, 6.45) is 0.0342. The maximum Gasteiger partial charge on any atom is 0.328 e. The highest BCUT2D eigenvalue weighted by molar-refractivity contribution is 5.96. The summed E-state index contributed by atoms with van der Waals surface area (Å²) in [6, 6.07) is -8.22. The number of carbonyl (C=O) groups is 9. The van der Waals surface area contributed by atoms with Crippen LogP contribution in [0.4, 0.5) is 0 Å². The zero-order valence-corrected chi connectivity index (χ0v) is 28.7. The fraction of sp³-hybridized carbons (Fsp3) is 0.690. The number of aliphatic hydroxyl groups is 2. The van der Waals surface area contributed by atoms with Gasteiger partial charge in [-0.15, -0.1) is 0 Å². The molecule has 0 saturated carbocycles. The first-order valence-electron chi connectivity index (χ1n) is 15.8. The van der Waals surface area contributed by atoms with Gasteiger partial charge in [0.2, 0.25) is 47.3 Å². The summed E-state index contributed by atoms with van der Waals surface area (Å²) in [7, 11) is 0. The molecule has 0 aromatic heterocycles. The summed E-state index contributed by atoms with van der Waals surface area (Å²) in [5.41, 5.74) is 10.4. The van der Waals surface area contributed by atoms with Crippen LogP contribution in [-0.2, 0) is 43.2 Å². The van der Waals surface area contributed by atoms with Crippen LogP contribution in [0.3, 0.4) is 0 Å². The van der Waals surface area contributed by atoms with E-state index in [1.165, 1.54) is 6.92 Å². The molecule has 0 spiro atoms. The molecule has 7 atom stereocenters. The fourth-order valence-corrected chi connectivity index (χ4v) is 4.08. The topological polar surface area (TPSA) is 351 Å². The third-order valence-corrected chi connectivity index (χ3v) is 7.14. The van der Waals surface area contributed by atoms with E-state index >= 15 is 0 Å². The molecule has 0 unspecified atom stereocenters. The van der Waals surface area contributed by atoms with Crippen molar-refractivity contribution in [1.29, 1.82) is 0 Å². The Kier molecular flexibility index (Phi) is 20.5. The van der Waals surface area contributed by atoms with E-state index in [2.05, 4.69) is 31.9 Å². The minimum absolute atomic E-state index is 0.0644. The van der Waals surface area contributed by atoms with E-state index in [4.69, 9.17) is 21.7 Å². The predicted molar refractivity (Wildman–Crippen MR) is 174 cm³/mol. The molecule has 0 aromatic carbocycles. The maximum atomic E-state index is 13.4. The fourth-order valence-electron chi connectivity index (χ4n) is 4.08. The van der Waals surface area contributed by atoms with Gasteiger partial charge in [0, 0.05) is 0 Å². The third-order valence-electron chi connectivity index (χ3n) is 7.14. The number of nitrogens with two attached hydrogens (primary N) is 2. The molecule has 50 heavy (non-hydrogen) atoms. The van der Waals surface area contributed by atoms with Crippen molar-refractivity contribution in [1.82, 2.24) is 37.2 Å². The van der Waals surface area contributed by atoms with Crippen LogP contribution in [0.25, 0.3) is 0 Å². The smallest absolute Gasteiger partial charge is 0.328 e. The predicted octanol–water partition coefficient (Wildman–Crippen LogP) is -5.97. The molecule has 21 nitrogen and oxygen atoms in total. The molecular weight excluding hydrogens is 666 g/mol. The molecule has 0 radical (unpaired) electrons. The van der Waals surface area contributed by atoms with E-state index in [0.29, 0.717) is 6.42 Å². The molecule has 0 fully saturated rings. The SMILES string of the molecule is CC[C@H](C)[C@H](NC(=O)[C@H](C)NC(=O)CNC(=O)CNC(=O)[C@@H](N)CC(N)=O)C(=O)N[C@@H](CC(C)C)C(=O)N[C@@H](CO)C(=O)N[C@@H](CO)C(=O)O. The van der Waals surface area contributed by atoms with E-state index in [1.54, 1.807) is 27.7 Å². The Labute approximate surface area is 288 Å². The number of carboxylic acids is 1. The Bertz CT molecular complexity index is 1230. The minimum Gasteiger partial charge on any atom is -0.480 e. The quantitative estimate of drug-likeness (QED) is 0.0469. The first-order valence-corrected chi connectivity index (χ1v) is 15.8. The molecule has 0 rings (SSSR count). The van der Waals surface area contributed by atoms with E-state index in [-0.39, 0.29) is 12.3 Å². The zero-order valence-electron chi connectivity index (χ0n) is 28.7. The summed E-state index contributed by atoms with van der Waals surface area (Å²) in [6.45, 7) is 5.22. The first-order chi connectivity index (χ1) is 23.3. The Hall–Kier alpha value is -4.89. The standard InChI is InChI=1S/C29H51N9O12/c1-6-14(4)23(38-24(44)15(5)34-22(43)10-32-21(42)9-33-25(45)16(30)8-20(31)41)28(48)35-17(7-13(2)3)26(46)36-18(11-39)27(47)37-19(12-40)29(49)50/h13-19,23,39-40H,6-12,30H2,1-5H3,(H2,31,41)(H,32,42)(H,33,45)(H,34,43)(H,35,48)(H,36,46)(H,37,47)(H,38,44)(H,49,50)/t14-,15-,16-,17-,18-,19-,23-/m0/s1. The van der Waals surface area contributed by atoms with Gasteiger partial charge in [0.1, 0.15) is 30.2 Å². The molecular formula is C29H51N9O12. The van der Waals surface area contributed by atoms with Gasteiger partial charge >= 0.3 is 5.97 Å². The van der Waals surface area contributed by atoms with E-state index in [1.807, 2.05) is 5.32 Å². The lowest BCUT2D eigenvalue weighted by Crippen LogP contribution is -2.60. The van der Waals surface area contributed by atoms with Crippen molar-refractivity contribution in [3.63, 3.8) is 0 Å². The summed E-state index contributed by atoms with van der Waals surface area (Å²) < 4.78 is 0. The van der Waals surface area contributed by atoms with Crippen LogP contribution in [0.15, 0.2) is 0 Å².